The van der Waals surface area contributed by atoms with E-state index < -0.39 is 0 Å². The Morgan fingerprint density at radius 2 is 2.16 bits per heavy atom. The van der Waals surface area contributed by atoms with Crippen LogP contribution in [0.5, 0.6) is 0 Å². The SMILES string of the molecule is Cc1nc(N2CCN3CCCCC3C2)sc1C(C)N. The Morgan fingerprint density at radius 1 is 1.32 bits per heavy atom. The van der Waals surface area contributed by atoms with Gasteiger partial charge in [-0.3, -0.25) is 4.90 Å². The van der Waals surface area contributed by atoms with Crippen molar-refractivity contribution < 1.29 is 0 Å². The molecule has 106 valence electrons. The van der Waals surface area contributed by atoms with E-state index in [1.807, 2.05) is 6.92 Å². The Morgan fingerprint density at radius 3 is 2.89 bits per heavy atom. The number of fused-ring (bicyclic) bond motifs is 1. The highest BCUT2D eigenvalue weighted by molar-refractivity contribution is 7.15. The Bertz CT molecular complexity index is 443. The second kappa shape index (κ2) is 5.38. The summed E-state index contributed by atoms with van der Waals surface area (Å²) in [5.74, 6) is 0. The standard InChI is InChI=1S/C14H24N4S/c1-10(15)13-11(2)16-14(19-13)18-8-7-17-6-4-3-5-12(17)9-18/h10,12H,3-9,15H2,1-2H3. The number of nitrogens with zero attached hydrogens (tertiary/aromatic N) is 3. The molecule has 0 saturated carbocycles. The summed E-state index contributed by atoms with van der Waals surface area (Å²) < 4.78 is 0. The third-order valence-corrected chi connectivity index (χ3v) is 5.76. The molecule has 0 bridgehead atoms. The Balaban J connectivity index is 1.74. The fourth-order valence-corrected chi connectivity index (χ4v) is 4.33. The molecule has 3 heterocycles. The highest BCUT2D eigenvalue weighted by atomic mass is 32.1. The Kier molecular flexibility index (Phi) is 3.78. The van der Waals surface area contributed by atoms with Crippen LogP contribution in [0.25, 0.3) is 0 Å². The van der Waals surface area contributed by atoms with E-state index in [9.17, 15) is 0 Å². The van der Waals surface area contributed by atoms with Crippen LogP contribution in [0.1, 0.15) is 42.8 Å². The summed E-state index contributed by atoms with van der Waals surface area (Å²) in [5.41, 5.74) is 7.12. The van der Waals surface area contributed by atoms with Gasteiger partial charge in [0.05, 0.1) is 5.69 Å². The molecule has 2 unspecified atom stereocenters. The third-order valence-electron chi connectivity index (χ3n) is 4.34. The van der Waals surface area contributed by atoms with Crippen molar-refractivity contribution in [3.05, 3.63) is 10.6 Å². The molecule has 2 N–H and O–H groups in total. The van der Waals surface area contributed by atoms with Crippen molar-refractivity contribution in [3.63, 3.8) is 0 Å². The van der Waals surface area contributed by atoms with E-state index in [0.29, 0.717) is 0 Å². The van der Waals surface area contributed by atoms with E-state index in [1.54, 1.807) is 11.3 Å². The quantitative estimate of drug-likeness (QED) is 0.901. The number of rotatable bonds is 2. The van der Waals surface area contributed by atoms with E-state index >= 15 is 0 Å². The minimum Gasteiger partial charge on any atom is -0.345 e. The number of nitrogens with two attached hydrogens (primary N) is 1. The van der Waals surface area contributed by atoms with Crippen LogP contribution in [0.4, 0.5) is 5.13 Å². The fraction of sp³-hybridized carbons (Fsp3) is 0.786. The molecule has 1 aromatic heterocycles. The highest BCUT2D eigenvalue weighted by Crippen LogP contribution is 2.32. The average molecular weight is 280 g/mol. The second-order valence-electron chi connectivity index (χ2n) is 5.87. The number of thiazole rings is 1. The smallest absolute Gasteiger partial charge is 0.185 e. The van der Waals surface area contributed by atoms with Crippen molar-refractivity contribution in [3.8, 4) is 0 Å². The molecule has 2 saturated heterocycles. The fourth-order valence-electron chi connectivity index (χ4n) is 3.28. The molecule has 2 fully saturated rings. The van der Waals surface area contributed by atoms with Gasteiger partial charge in [-0.05, 0) is 33.2 Å². The summed E-state index contributed by atoms with van der Waals surface area (Å²) >= 11 is 1.78. The number of hydrogen-bond donors (Lipinski definition) is 1. The first-order valence-corrected chi connectivity index (χ1v) is 8.18. The number of aryl methyl sites for hydroxylation is 1. The van der Waals surface area contributed by atoms with Gasteiger partial charge in [0.1, 0.15) is 0 Å². The van der Waals surface area contributed by atoms with Crippen LogP contribution in [-0.2, 0) is 0 Å². The lowest BCUT2D eigenvalue weighted by molar-refractivity contribution is 0.133. The molecule has 0 aromatic carbocycles. The van der Waals surface area contributed by atoms with Crippen molar-refractivity contribution >= 4 is 16.5 Å². The lowest BCUT2D eigenvalue weighted by atomic mass is 10.00. The van der Waals surface area contributed by atoms with Gasteiger partial charge in [0.25, 0.3) is 0 Å². The van der Waals surface area contributed by atoms with Crippen LogP contribution >= 0.6 is 11.3 Å². The van der Waals surface area contributed by atoms with E-state index in [1.165, 1.54) is 42.4 Å². The van der Waals surface area contributed by atoms with Crippen LogP contribution in [0.15, 0.2) is 0 Å². The first kappa shape index (κ1) is 13.3. The number of aromatic nitrogens is 1. The molecular formula is C14H24N4S. The molecule has 0 amide bonds. The number of hydrogen-bond acceptors (Lipinski definition) is 5. The van der Waals surface area contributed by atoms with Gasteiger partial charge in [-0.1, -0.05) is 6.42 Å². The number of anilines is 1. The molecular weight excluding hydrogens is 256 g/mol. The van der Waals surface area contributed by atoms with Crippen LogP contribution < -0.4 is 10.6 Å². The van der Waals surface area contributed by atoms with Crippen LogP contribution in [-0.4, -0.2) is 42.1 Å². The summed E-state index contributed by atoms with van der Waals surface area (Å²) in [4.78, 5) is 11.1. The zero-order valence-corrected chi connectivity index (χ0v) is 12.7. The lowest BCUT2D eigenvalue weighted by Crippen LogP contribution is -2.54. The van der Waals surface area contributed by atoms with E-state index in [-0.39, 0.29) is 6.04 Å². The molecule has 0 radical (unpaired) electrons. The average Bonchev–Trinajstić information content (AvgIpc) is 2.80. The van der Waals surface area contributed by atoms with Crippen molar-refractivity contribution in [1.29, 1.82) is 0 Å². The lowest BCUT2D eigenvalue weighted by Gasteiger charge is -2.44. The molecule has 4 nitrogen and oxygen atoms in total. The first-order chi connectivity index (χ1) is 9.15. The van der Waals surface area contributed by atoms with Gasteiger partial charge in [-0.25, -0.2) is 4.98 Å². The Labute approximate surface area is 119 Å². The maximum atomic E-state index is 6.01. The minimum absolute atomic E-state index is 0.0993. The summed E-state index contributed by atoms with van der Waals surface area (Å²) in [5, 5.41) is 1.18. The van der Waals surface area contributed by atoms with Crippen molar-refractivity contribution in [2.45, 2.75) is 45.2 Å². The summed E-state index contributed by atoms with van der Waals surface area (Å²) in [6.45, 7) is 8.86. The predicted octanol–water partition coefficient (Wildman–Crippen LogP) is 2.15. The van der Waals surface area contributed by atoms with E-state index in [4.69, 9.17) is 10.7 Å². The maximum Gasteiger partial charge on any atom is 0.185 e. The topological polar surface area (TPSA) is 45.4 Å². The maximum absolute atomic E-state index is 6.01. The Hall–Kier alpha value is -0.650. The molecule has 19 heavy (non-hydrogen) atoms. The van der Waals surface area contributed by atoms with Gasteiger partial charge >= 0.3 is 0 Å². The zero-order chi connectivity index (χ0) is 13.4. The zero-order valence-electron chi connectivity index (χ0n) is 11.9. The van der Waals surface area contributed by atoms with Gasteiger partial charge in [0, 0.05) is 36.6 Å². The van der Waals surface area contributed by atoms with Gasteiger partial charge < -0.3 is 10.6 Å². The van der Waals surface area contributed by atoms with Crippen molar-refractivity contribution in [2.24, 2.45) is 5.73 Å². The second-order valence-corrected chi connectivity index (χ2v) is 6.88. The minimum atomic E-state index is 0.0993. The third kappa shape index (κ3) is 2.64. The van der Waals surface area contributed by atoms with Gasteiger partial charge in [0.2, 0.25) is 0 Å². The summed E-state index contributed by atoms with van der Waals surface area (Å²) in [6, 6.07) is 0.840. The molecule has 2 aliphatic rings. The highest BCUT2D eigenvalue weighted by Gasteiger charge is 2.30. The first-order valence-electron chi connectivity index (χ1n) is 7.37. The largest absolute Gasteiger partial charge is 0.345 e. The monoisotopic (exact) mass is 280 g/mol. The van der Waals surface area contributed by atoms with Crippen molar-refractivity contribution in [2.75, 3.05) is 31.1 Å². The predicted molar refractivity (Wildman–Crippen MR) is 80.9 cm³/mol. The van der Waals surface area contributed by atoms with Crippen molar-refractivity contribution in [1.82, 2.24) is 9.88 Å². The van der Waals surface area contributed by atoms with Crippen LogP contribution in [0, 0.1) is 6.92 Å². The van der Waals surface area contributed by atoms with E-state index in [0.717, 1.165) is 24.8 Å². The summed E-state index contributed by atoms with van der Waals surface area (Å²) in [7, 11) is 0. The van der Waals surface area contributed by atoms with Gasteiger partial charge in [0.15, 0.2) is 5.13 Å². The molecule has 0 spiro atoms. The molecule has 2 aliphatic heterocycles. The molecule has 1 aromatic rings. The van der Waals surface area contributed by atoms with E-state index in [2.05, 4.69) is 16.7 Å². The molecule has 3 rings (SSSR count). The van der Waals surface area contributed by atoms with Crippen LogP contribution in [0.3, 0.4) is 0 Å². The van der Waals surface area contributed by atoms with Gasteiger partial charge in [-0.2, -0.15) is 0 Å². The summed E-state index contributed by atoms with van der Waals surface area (Å²) in [6.07, 6.45) is 4.11. The molecule has 2 atom stereocenters. The number of piperazine rings is 1. The molecule has 5 heteroatoms. The van der Waals surface area contributed by atoms with Gasteiger partial charge in [-0.15, -0.1) is 11.3 Å². The normalized spacial score (nSPS) is 26.3. The van der Waals surface area contributed by atoms with Crippen LogP contribution in [0.2, 0.25) is 0 Å². The molecule has 0 aliphatic carbocycles. The number of piperidine rings is 1.